The van der Waals surface area contributed by atoms with Gasteiger partial charge in [-0.15, -0.1) is 0 Å². The molecule has 0 bridgehead atoms. The highest BCUT2D eigenvalue weighted by molar-refractivity contribution is 7.90. The molecule has 0 radical (unpaired) electrons. The lowest BCUT2D eigenvalue weighted by Gasteiger charge is -2.14. The van der Waals surface area contributed by atoms with Crippen LogP contribution in [0.4, 0.5) is 0 Å². The quantitative estimate of drug-likeness (QED) is 0.694. The fourth-order valence-electron chi connectivity index (χ4n) is 1.82. The predicted molar refractivity (Wildman–Crippen MR) is 56.0 cm³/mol. The van der Waals surface area contributed by atoms with Gasteiger partial charge in [0.2, 0.25) is 0 Å². The number of nitrogens with zero attached hydrogens (tertiary/aromatic N) is 1. The van der Waals surface area contributed by atoms with Crippen LogP contribution in [-0.4, -0.2) is 56.7 Å². The Bertz CT molecular complexity index is 263. The van der Waals surface area contributed by atoms with Gasteiger partial charge in [-0.05, 0) is 31.8 Å². The molecule has 4 nitrogen and oxygen atoms in total. The average molecular weight is 221 g/mol. The van der Waals surface area contributed by atoms with E-state index < -0.39 is 9.84 Å². The van der Waals surface area contributed by atoms with Gasteiger partial charge in [0.15, 0.2) is 0 Å². The Balaban J connectivity index is 2.15. The van der Waals surface area contributed by atoms with Crippen LogP contribution in [0, 0.1) is 5.92 Å². The summed E-state index contributed by atoms with van der Waals surface area (Å²) in [6, 6.07) is 0. The van der Waals surface area contributed by atoms with Crippen LogP contribution >= 0.6 is 0 Å². The Morgan fingerprint density at radius 3 is 2.71 bits per heavy atom. The van der Waals surface area contributed by atoms with E-state index in [2.05, 4.69) is 4.90 Å². The zero-order valence-corrected chi connectivity index (χ0v) is 9.46. The Labute approximate surface area is 85.8 Å². The molecule has 0 saturated carbocycles. The second-order valence-corrected chi connectivity index (χ2v) is 6.38. The van der Waals surface area contributed by atoms with E-state index in [0.717, 1.165) is 26.1 Å². The van der Waals surface area contributed by atoms with Crippen LogP contribution in [0.15, 0.2) is 0 Å². The highest BCUT2D eigenvalue weighted by atomic mass is 32.2. The monoisotopic (exact) mass is 221 g/mol. The van der Waals surface area contributed by atoms with Crippen LogP contribution in [0.1, 0.15) is 12.8 Å². The van der Waals surface area contributed by atoms with E-state index in [1.165, 1.54) is 6.26 Å². The summed E-state index contributed by atoms with van der Waals surface area (Å²) in [6.07, 6.45) is 3.01. The number of aliphatic hydroxyl groups excluding tert-OH is 1. The fraction of sp³-hybridized carbons (Fsp3) is 1.00. The third-order valence-corrected chi connectivity index (χ3v) is 3.65. The van der Waals surface area contributed by atoms with Crippen LogP contribution in [0.25, 0.3) is 0 Å². The molecule has 0 aromatic rings. The lowest BCUT2D eigenvalue weighted by atomic mass is 10.1. The molecule has 84 valence electrons. The number of likely N-dealkylation sites (tertiary alicyclic amines) is 1. The molecule has 1 unspecified atom stereocenters. The summed E-state index contributed by atoms with van der Waals surface area (Å²) >= 11 is 0. The molecule has 0 aromatic heterocycles. The van der Waals surface area contributed by atoms with E-state index in [1.807, 2.05) is 0 Å². The van der Waals surface area contributed by atoms with Gasteiger partial charge in [0, 0.05) is 19.4 Å². The molecular weight excluding hydrogens is 202 g/mol. The van der Waals surface area contributed by atoms with Crippen molar-refractivity contribution in [3.05, 3.63) is 0 Å². The Hall–Kier alpha value is -0.130. The van der Waals surface area contributed by atoms with Crippen LogP contribution < -0.4 is 0 Å². The van der Waals surface area contributed by atoms with Gasteiger partial charge in [-0.2, -0.15) is 0 Å². The SMILES string of the molecule is CS(=O)(=O)CCCN1CCC(CO)C1. The van der Waals surface area contributed by atoms with Gasteiger partial charge in [0.1, 0.15) is 9.84 Å². The second-order valence-electron chi connectivity index (χ2n) is 4.12. The standard InChI is InChI=1S/C9H19NO3S/c1-14(12,13)6-2-4-10-5-3-9(7-10)8-11/h9,11H,2-8H2,1H3. The van der Waals surface area contributed by atoms with Gasteiger partial charge in [-0.3, -0.25) is 0 Å². The van der Waals surface area contributed by atoms with E-state index >= 15 is 0 Å². The normalized spacial score (nSPS) is 24.3. The zero-order valence-electron chi connectivity index (χ0n) is 8.65. The summed E-state index contributed by atoms with van der Waals surface area (Å²) in [7, 11) is -2.81. The molecule has 0 aromatic carbocycles. The highest BCUT2D eigenvalue weighted by Gasteiger charge is 2.21. The minimum atomic E-state index is -2.81. The van der Waals surface area contributed by atoms with Gasteiger partial charge in [0.05, 0.1) is 5.75 Å². The third-order valence-electron chi connectivity index (χ3n) is 2.62. The van der Waals surface area contributed by atoms with E-state index in [1.54, 1.807) is 0 Å². The molecule has 1 rings (SSSR count). The van der Waals surface area contributed by atoms with Crippen LogP contribution in [0.2, 0.25) is 0 Å². The molecule has 0 aliphatic carbocycles. The van der Waals surface area contributed by atoms with Gasteiger partial charge in [-0.1, -0.05) is 0 Å². The van der Waals surface area contributed by atoms with E-state index in [4.69, 9.17) is 5.11 Å². The third kappa shape index (κ3) is 4.39. The van der Waals surface area contributed by atoms with Gasteiger partial charge in [-0.25, -0.2) is 8.42 Å². The molecule has 1 heterocycles. The Kier molecular flexibility index (Phi) is 4.34. The first-order valence-electron chi connectivity index (χ1n) is 5.02. The summed E-state index contributed by atoms with van der Waals surface area (Å²) in [5.74, 6) is 0.668. The molecule has 5 heteroatoms. The number of hydrogen-bond acceptors (Lipinski definition) is 4. The van der Waals surface area contributed by atoms with Crippen LogP contribution in [0.5, 0.6) is 0 Å². The Morgan fingerprint density at radius 2 is 2.21 bits per heavy atom. The summed E-state index contributed by atoms with van der Waals surface area (Å²) < 4.78 is 21.7. The first kappa shape index (κ1) is 11.9. The smallest absolute Gasteiger partial charge is 0.147 e. The topological polar surface area (TPSA) is 57.6 Å². The fourth-order valence-corrected chi connectivity index (χ4v) is 2.47. The minimum Gasteiger partial charge on any atom is -0.396 e. The first-order chi connectivity index (χ1) is 6.51. The van der Waals surface area contributed by atoms with Crippen molar-refractivity contribution in [2.24, 2.45) is 5.92 Å². The highest BCUT2D eigenvalue weighted by Crippen LogP contribution is 2.15. The maximum atomic E-state index is 10.9. The number of hydrogen-bond donors (Lipinski definition) is 1. The summed E-state index contributed by atoms with van der Waals surface area (Å²) in [5.41, 5.74) is 0. The van der Waals surface area contributed by atoms with Crippen molar-refractivity contribution in [2.45, 2.75) is 12.8 Å². The van der Waals surface area contributed by atoms with Gasteiger partial charge in [0.25, 0.3) is 0 Å². The maximum absolute atomic E-state index is 10.9. The van der Waals surface area contributed by atoms with Crippen molar-refractivity contribution in [2.75, 3.05) is 38.2 Å². The molecule has 14 heavy (non-hydrogen) atoms. The molecule has 1 N–H and O–H groups in total. The summed E-state index contributed by atoms with van der Waals surface area (Å²) in [6.45, 7) is 3.00. The second kappa shape index (κ2) is 5.09. The van der Waals surface area contributed by atoms with Crippen molar-refractivity contribution >= 4 is 9.84 Å². The summed E-state index contributed by atoms with van der Waals surface area (Å²) in [5, 5.41) is 8.92. The van der Waals surface area contributed by atoms with E-state index in [0.29, 0.717) is 12.3 Å². The minimum absolute atomic E-state index is 0.253. The van der Waals surface area contributed by atoms with Gasteiger partial charge >= 0.3 is 0 Å². The molecule has 1 aliphatic heterocycles. The number of sulfone groups is 1. The van der Waals surface area contributed by atoms with E-state index in [-0.39, 0.29) is 12.4 Å². The van der Waals surface area contributed by atoms with Gasteiger partial charge < -0.3 is 10.0 Å². The molecule has 0 amide bonds. The van der Waals surface area contributed by atoms with Crippen molar-refractivity contribution in [1.82, 2.24) is 4.90 Å². The largest absolute Gasteiger partial charge is 0.396 e. The molecule has 1 aliphatic rings. The lowest BCUT2D eigenvalue weighted by molar-refractivity contribution is 0.222. The van der Waals surface area contributed by atoms with Crippen molar-refractivity contribution in [1.29, 1.82) is 0 Å². The molecule has 1 fully saturated rings. The molecular formula is C9H19NO3S. The molecule has 1 atom stereocenters. The maximum Gasteiger partial charge on any atom is 0.147 e. The predicted octanol–water partition coefficient (Wildman–Crippen LogP) is -0.265. The number of rotatable bonds is 5. The average Bonchev–Trinajstić information content (AvgIpc) is 2.50. The molecule has 1 saturated heterocycles. The molecule has 0 spiro atoms. The Morgan fingerprint density at radius 1 is 1.50 bits per heavy atom. The number of aliphatic hydroxyl groups is 1. The lowest BCUT2D eigenvalue weighted by Crippen LogP contribution is -2.24. The van der Waals surface area contributed by atoms with Crippen molar-refractivity contribution < 1.29 is 13.5 Å². The van der Waals surface area contributed by atoms with Crippen molar-refractivity contribution in [3.8, 4) is 0 Å². The zero-order chi connectivity index (χ0) is 10.6. The first-order valence-corrected chi connectivity index (χ1v) is 7.08. The van der Waals surface area contributed by atoms with Crippen LogP contribution in [-0.2, 0) is 9.84 Å². The van der Waals surface area contributed by atoms with Crippen molar-refractivity contribution in [3.63, 3.8) is 0 Å². The van der Waals surface area contributed by atoms with Crippen LogP contribution in [0.3, 0.4) is 0 Å². The van der Waals surface area contributed by atoms with E-state index in [9.17, 15) is 8.42 Å². The summed E-state index contributed by atoms with van der Waals surface area (Å²) in [4.78, 5) is 2.23.